The molecule has 0 unspecified atom stereocenters. The van der Waals surface area contributed by atoms with Crippen LogP contribution in [-0.4, -0.2) is 33.1 Å². The fourth-order valence-electron chi connectivity index (χ4n) is 3.26. The Bertz CT molecular complexity index is 1140. The van der Waals surface area contributed by atoms with Crippen LogP contribution in [0.5, 0.6) is 5.75 Å². The third-order valence-corrected chi connectivity index (χ3v) is 4.75. The summed E-state index contributed by atoms with van der Waals surface area (Å²) in [6.07, 6.45) is -4.10. The van der Waals surface area contributed by atoms with Crippen LogP contribution in [0.25, 0.3) is 5.69 Å². The fraction of sp³-hybridized carbons (Fsp3) is 0.227. The van der Waals surface area contributed by atoms with Crippen molar-refractivity contribution in [2.24, 2.45) is 0 Å². The first-order valence-corrected chi connectivity index (χ1v) is 9.42. The van der Waals surface area contributed by atoms with E-state index in [2.05, 4.69) is 10.4 Å². The molecule has 0 radical (unpaired) electrons. The molecule has 0 aliphatic rings. The highest BCUT2D eigenvalue weighted by Crippen LogP contribution is 2.31. The van der Waals surface area contributed by atoms with Gasteiger partial charge in [-0.2, -0.15) is 18.3 Å². The van der Waals surface area contributed by atoms with Gasteiger partial charge in [0.1, 0.15) is 5.75 Å². The lowest BCUT2D eigenvalue weighted by Crippen LogP contribution is -2.33. The SMILES string of the molecule is Cc1nn(-c2cccc(C(F)(F)F)c2)c(C)c1C(=O)C(=O)NCCc1cccc(O)c1. The second-order valence-electron chi connectivity index (χ2n) is 7.01. The Hall–Kier alpha value is -3.62. The van der Waals surface area contributed by atoms with Gasteiger partial charge in [-0.1, -0.05) is 18.2 Å². The number of halogens is 3. The van der Waals surface area contributed by atoms with Crippen LogP contribution < -0.4 is 5.32 Å². The molecule has 0 fully saturated rings. The highest BCUT2D eigenvalue weighted by molar-refractivity contribution is 6.43. The normalized spacial score (nSPS) is 11.4. The summed E-state index contributed by atoms with van der Waals surface area (Å²) in [6, 6.07) is 11.1. The number of hydrogen-bond acceptors (Lipinski definition) is 4. The van der Waals surface area contributed by atoms with Crippen molar-refractivity contribution < 1.29 is 27.9 Å². The molecule has 0 aliphatic heterocycles. The van der Waals surface area contributed by atoms with E-state index in [4.69, 9.17) is 0 Å². The van der Waals surface area contributed by atoms with Gasteiger partial charge in [-0.3, -0.25) is 9.59 Å². The van der Waals surface area contributed by atoms with Crippen LogP contribution in [0.3, 0.4) is 0 Å². The number of alkyl halides is 3. The highest BCUT2D eigenvalue weighted by Gasteiger charge is 2.31. The molecule has 0 atom stereocenters. The van der Waals surface area contributed by atoms with Crippen LogP contribution in [0.4, 0.5) is 13.2 Å². The maximum atomic E-state index is 13.0. The third kappa shape index (κ3) is 4.93. The van der Waals surface area contributed by atoms with E-state index in [1.807, 2.05) is 0 Å². The Morgan fingerprint density at radius 2 is 1.81 bits per heavy atom. The summed E-state index contributed by atoms with van der Waals surface area (Å²) in [5, 5.41) is 16.2. The first kappa shape index (κ1) is 22.1. The molecule has 0 spiro atoms. The Morgan fingerprint density at radius 1 is 1.10 bits per heavy atom. The lowest BCUT2D eigenvalue weighted by molar-refractivity contribution is -0.137. The molecular weight excluding hydrogens is 411 g/mol. The minimum absolute atomic E-state index is 0.0484. The lowest BCUT2D eigenvalue weighted by Gasteiger charge is -2.10. The number of carbonyl (C=O) groups is 2. The molecule has 31 heavy (non-hydrogen) atoms. The van der Waals surface area contributed by atoms with E-state index in [1.165, 1.54) is 36.7 Å². The van der Waals surface area contributed by atoms with Crippen molar-refractivity contribution in [2.75, 3.05) is 6.54 Å². The summed E-state index contributed by atoms with van der Waals surface area (Å²) >= 11 is 0. The van der Waals surface area contributed by atoms with E-state index in [0.29, 0.717) is 6.42 Å². The zero-order valence-corrected chi connectivity index (χ0v) is 16.8. The van der Waals surface area contributed by atoms with Gasteiger partial charge in [0.25, 0.3) is 11.7 Å². The number of Topliss-reactive ketones (excluding diaryl/α,β-unsaturated/α-hetero) is 1. The van der Waals surface area contributed by atoms with E-state index < -0.39 is 23.4 Å². The monoisotopic (exact) mass is 431 g/mol. The second kappa shape index (κ2) is 8.63. The average molecular weight is 431 g/mol. The van der Waals surface area contributed by atoms with E-state index >= 15 is 0 Å². The van der Waals surface area contributed by atoms with Gasteiger partial charge in [0, 0.05) is 6.54 Å². The maximum absolute atomic E-state index is 13.0. The predicted octanol–water partition coefficient (Wildman–Crippen LogP) is 3.76. The quantitative estimate of drug-likeness (QED) is 0.460. The number of aromatic hydroxyl groups is 1. The van der Waals surface area contributed by atoms with Crippen LogP contribution in [0, 0.1) is 13.8 Å². The first-order valence-electron chi connectivity index (χ1n) is 9.42. The van der Waals surface area contributed by atoms with Gasteiger partial charge < -0.3 is 10.4 Å². The highest BCUT2D eigenvalue weighted by atomic mass is 19.4. The number of amides is 1. The zero-order valence-electron chi connectivity index (χ0n) is 16.8. The average Bonchev–Trinajstić information content (AvgIpc) is 3.01. The number of phenols is 1. The summed E-state index contributed by atoms with van der Waals surface area (Å²) < 4.78 is 40.3. The largest absolute Gasteiger partial charge is 0.508 e. The molecule has 0 saturated carbocycles. The van der Waals surface area contributed by atoms with Crippen molar-refractivity contribution in [3.63, 3.8) is 0 Å². The van der Waals surface area contributed by atoms with Gasteiger partial charge in [-0.15, -0.1) is 0 Å². The van der Waals surface area contributed by atoms with Crippen molar-refractivity contribution in [1.29, 1.82) is 0 Å². The van der Waals surface area contributed by atoms with Crippen molar-refractivity contribution in [3.8, 4) is 11.4 Å². The summed E-state index contributed by atoms with van der Waals surface area (Å²) in [6.45, 7) is 3.21. The standard InChI is InChI=1S/C22H20F3N3O3/c1-13-19(20(30)21(31)26-10-9-15-5-3-8-18(29)11-15)14(2)28(27-13)17-7-4-6-16(12-17)22(23,24)25/h3-8,11-12,29H,9-10H2,1-2H3,(H,26,31). The molecule has 1 amide bonds. The molecule has 0 aliphatic carbocycles. The molecule has 0 bridgehead atoms. The van der Waals surface area contributed by atoms with Gasteiger partial charge >= 0.3 is 6.18 Å². The molecular formula is C22H20F3N3O3. The molecule has 1 aromatic heterocycles. The van der Waals surface area contributed by atoms with Gasteiger partial charge in [-0.05, 0) is 56.2 Å². The molecule has 3 rings (SSSR count). The summed E-state index contributed by atoms with van der Waals surface area (Å²) in [7, 11) is 0. The van der Waals surface area contributed by atoms with Gasteiger partial charge in [0.2, 0.25) is 0 Å². The van der Waals surface area contributed by atoms with E-state index in [0.717, 1.165) is 17.7 Å². The number of benzene rings is 2. The van der Waals surface area contributed by atoms with Crippen LogP contribution in [-0.2, 0) is 17.4 Å². The van der Waals surface area contributed by atoms with Crippen molar-refractivity contribution in [2.45, 2.75) is 26.4 Å². The summed E-state index contributed by atoms with van der Waals surface area (Å²) in [5.41, 5.74) is 0.645. The summed E-state index contributed by atoms with van der Waals surface area (Å²) in [4.78, 5) is 25.0. The molecule has 2 N–H and O–H groups in total. The van der Waals surface area contributed by atoms with Crippen LogP contribution in [0.1, 0.15) is 32.9 Å². The Labute approximate surface area is 176 Å². The van der Waals surface area contributed by atoms with Crippen LogP contribution in [0.2, 0.25) is 0 Å². The van der Waals surface area contributed by atoms with Gasteiger partial charge in [0.05, 0.1) is 28.2 Å². The topological polar surface area (TPSA) is 84.2 Å². The smallest absolute Gasteiger partial charge is 0.416 e. The molecule has 2 aromatic carbocycles. The number of aryl methyl sites for hydroxylation is 1. The van der Waals surface area contributed by atoms with E-state index in [9.17, 15) is 27.9 Å². The first-order chi connectivity index (χ1) is 14.6. The third-order valence-electron chi connectivity index (χ3n) is 4.75. The van der Waals surface area contributed by atoms with Crippen molar-refractivity contribution in [1.82, 2.24) is 15.1 Å². The predicted molar refractivity (Wildman–Crippen MR) is 107 cm³/mol. The van der Waals surface area contributed by atoms with Gasteiger partial charge in [0.15, 0.2) is 0 Å². The maximum Gasteiger partial charge on any atom is 0.416 e. The Kier molecular flexibility index (Phi) is 6.14. The van der Waals surface area contributed by atoms with E-state index in [1.54, 1.807) is 18.2 Å². The molecule has 0 saturated heterocycles. The van der Waals surface area contributed by atoms with Crippen LogP contribution in [0.15, 0.2) is 48.5 Å². The second-order valence-corrected chi connectivity index (χ2v) is 7.01. The lowest BCUT2D eigenvalue weighted by atomic mass is 10.1. The fourth-order valence-corrected chi connectivity index (χ4v) is 3.26. The van der Waals surface area contributed by atoms with Crippen molar-refractivity contribution >= 4 is 11.7 Å². The Balaban J connectivity index is 1.76. The van der Waals surface area contributed by atoms with E-state index in [-0.39, 0.29) is 34.9 Å². The molecule has 162 valence electrons. The summed E-state index contributed by atoms with van der Waals surface area (Å²) in [5.74, 6) is -1.55. The minimum Gasteiger partial charge on any atom is -0.508 e. The number of nitrogens with one attached hydrogen (secondary N) is 1. The zero-order chi connectivity index (χ0) is 22.8. The van der Waals surface area contributed by atoms with Crippen molar-refractivity contribution in [3.05, 3.63) is 76.6 Å². The Morgan fingerprint density at radius 3 is 2.48 bits per heavy atom. The molecule has 9 heteroatoms. The number of hydrogen-bond donors (Lipinski definition) is 2. The number of aromatic nitrogens is 2. The van der Waals surface area contributed by atoms with Gasteiger partial charge in [-0.25, -0.2) is 4.68 Å². The number of phenolic OH excluding ortho intramolecular Hbond substituents is 1. The number of nitrogens with zero attached hydrogens (tertiary/aromatic N) is 2. The van der Waals surface area contributed by atoms with Crippen LogP contribution >= 0.6 is 0 Å². The number of carbonyl (C=O) groups excluding carboxylic acids is 2. The molecule has 1 heterocycles. The molecule has 6 nitrogen and oxygen atoms in total. The number of ketones is 1. The minimum atomic E-state index is -4.51. The molecule has 3 aromatic rings. The number of rotatable bonds is 6.